The van der Waals surface area contributed by atoms with Crippen LogP contribution >= 0.6 is 61.8 Å². The number of nitrogens with one attached hydrogen (secondary N) is 2. The SMILES string of the molecule is CCOC(=O)C1=C(CBr)NC(c2nccs2)=N[C@H]1c1cccc(F)c1Cl.CCOC(=O)C1=C(CN2CCN3C(=O)N(CC4(C(=O)O)CCC4)C[C@@H]3C2)NC(c2nccs2)=N[C@H]1c1cccc(F)c1Cl.O=C1N(CC2(C(=O)O)CCC2)C[C@@H]2CCCCN12.[CH3-]. The second kappa shape index (κ2) is 28.5. The molecule has 12 rings (SSSR count). The summed E-state index contributed by atoms with van der Waals surface area (Å²) in [4.78, 5) is 102. The highest BCUT2D eigenvalue weighted by Crippen LogP contribution is 2.45. The van der Waals surface area contributed by atoms with Crippen molar-refractivity contribution in [3.63, 3.8) is 0 Å². The van der Waals surface area contributed by atoms with E-state index in [0.29, 0.717) is 108 Å². The van der Waals surface area contributed by atoms with Crippen molar-refractivity contribution in [1.29, 1.82) is 0 Å². The van der Waals surface area contributed by atoms with Gasteiger partial charge in [0.2, 0.25) is 0 Å². The van der Waals surface area contributed by atoms with Crippen LogP contribution in [0, 0.1) is 29.9 Å². The van der Waals surface area contributed by atoms with Gasteiger partial charge in [-0.2, -0.15) is 0 Å². The molecular formula is C60H69BrCl2F2N11O10S2-. The lowest BCUT2D eigenvalue weighted by atomic mass is 9.68. The maximum atomic E-state index is 14.6. The zero-order valence-electron chi connectivity index (χ0n) is 48.8. The number of amides is 4. The molecule has 21 nitrogen and oxygen atoms in total. The molecule has 4 amide bonds. The minimum absolute atomic E-state index is 0. The monoisotopic (exact) mass is 1350 g/mol. The number of allylic oxidation sites excluding steroid dienone is 1. The van der Waals surface area contributed by atoms with Crippen molar-refractivity contribution in [3.8, 4) is 0 Å². The van der Waals surface area contributed by atoms with Gasteiger partial charge in [0.25, 0.3) is 0 Å². The van der Waals surface area contributed by atoms with E-state index in [1.807, 2.05) is 20.6 Å². The van der Waals surface area contributed by atoms with E-state index in [4.69, 9.17) is 37.7 Å². The number of piperidine rings is 1. The number of rotatable bonds is 17. The number of thiazole rings is 2. The Morgan fingerprint density at radius 3 is 1.59 bits per heavy atom. The second-order valence-electron chi connectivity index (χ2n) is 22.5. The molecule has 2 aliphatic carbocycles. The van der Waals surface area contributed by atoms with Gasteiger partial charge in [-0.1, -0.05) is 76.2 Å². The van der Waals surface area contributed by atoms with E-state index in [1.165, 1.54) is 53.4 Å². The smallest absolute Gasteiger partial charge is 0.338 e. The van der Waals surface area contributed by atoms with Crippen LogP contribution in [0.5, 0.6) is 0 Å². The third-order valence-corrected chi connectivity index (χ3v) is 20.1. The van der Waals surface area contributed by atoms with E-state index in [2.05, 4.69) is 46.4 Å². The summed E-state index contributed by atoms with van der Waals surface area (Å²) < 4.78 is 39.2. The Bertz CT molecular complexity index is 3400. The maximum Gasteiger partial charge on any atom is 0.338 e. The third kappa shape index (κ3) is 13.6. The molecule has 4 saturated heterocycles. The van der Waals surface area contributed by atoms with Crippen LogP contribution in [0.2, 0.25) is 10.0 Å². The Morgan fingerprint density at radius 1 is 0.682 bits per heavy atom. The number of halogens is 5. The molecule has 28 heteroatoms. The van der Waals surface area contributed by atoms with Gasteiger partial charge in [0.05, 0.1) is 57.3 Å². The molecule has 2 aromatic carbocycles. The highest BCUT2D eigenvalue weighted by atomic mass is 79.9. The molecule has 2 saturated carbocycles. The number of aliphatic carboxylic acids is 2. The predicted octanol–water partition coefficient (Wildman–Crippen LogP) is 9.74. The molecule has 4 atom stereocenters. The Morgan fingerprint density at radius 2 is 1.16 bits per heavy atom. The third-order valence-electron chi connectivity index (χ3n) is 17.2. The largest absolute Gasteiger partial charge is 0.481 e. The predicted molar refractivity (Wildman–Crippen MR) is 332 cm³/mol. The molecule has 88 heavy (non-hydrogen) atoms. The number of urea groups is 2. The summed E-state index contributed by atoms with van der Waals surface area (Å²) >= 11 is 18.7. The number of fused-ring (bicyclic) bond motifs is 2. The number of piperazine rings is 1. The lowest BCUT2D eigenvalue weighted by Gasteiger charge is -2.40. The molecule has 4 N–H and O–H groups in total. The molecule has 8 heterocycles. The van der Waals surface area contributed by atoms with E-state index < -0.39 is 58.4 Å². The minimum Gasteiger partial charge on any atom is -0.481 e. The van der Waals surface area contributed by atoms with Gasteiger partial charge < -0.3 is 57.3 Å². The van der Waals surface area contributed by atoms with Crippen molar-refractivity contribution in [3.05, 3.63) is 132 Å². The fourth-order valence-electron chi connectivity index (χ4n) is 12.4. The van der Waals surface area contributed by atoms with Crippen molar-refractivity contribution in [2.45, 2.75) is 95.8 Å². The van der Waals surface area contributed by atoms with Gasteiger partial charge in [0.1, 0.15) is 23.7 Å². The van der Waals surface area contributed by atoms with Crippen LogP contribution in [-0.4, -0.2) is 182 Å². The number of hydrogen-bond donors (Lipinski definition) is 4. The number of hydrogen-bond acceptors (Lipinski definition) is 17. The van der Waals surface area contributed by atoms with Crippen molar-refractivity contribution in [2.24, 2.45) is 20.8 Å². The average Bonchev–Trinajstić information content (AvgIpc) is 1.74. The van der Waals surface area contributed by atoms with E-state index in [9.17, 15) is 47.8 Å². The number of alkyl halides is 1. The molecule has 2 aromatic heterocycles. The quantitative estimate of drug-likeness (QED) is 0.0436. The Hall–Kier alpha value is -6.58. The number of amidine groups is 2. The molecular weight excluding hydrogens is 1290 g/mol. The summed E-state index contributed by atoms with van der Waals surface area (Å²) in [7, 11) is 0. The Balaban J connectivity index is 0.000000173. The molecule has 0 unspecified atom stereocenters. The Labute approximate surface area is 535 Å². The Kier molecular flexibility index (Phi) is 21.3. The highest BCUT2D eigenvalue weighted by Gasteiger charge is 2.52. The van der Waals surface area contributed by atoms with Gasteiger partial charge in [-0.3, -0.25) is 24.5 Å². The summed E-state index contributed by atoms with van der Waals surface area (Å²) in [6.07, 6.45) is 11.1. The van der Waals surface area contributed by atoms with E-state index >= 15 is 0 Å². The number of esters is 2. The van der Waals surface area contributed by atoms with Gasteiger partial charge in [-0.25, -0.2) is 37.9 Å². The van der Waals surface area contributed by atoms with Gasteiger partial charge in [0, 0.05) is 110 Å². The minimum atomic E-state index is -0.933. The highest BCUT2D eigenvalue weighted by molar-refractivity contribution is 9.09. The van der Waals surface area contributed by atoms with Crippen molar-refractivity contribution >= 4 is 109 Å². The first-order valence-corrected chi connectivity index (χ1v) is 32.6. The van der Waals surface area contributed by atoms with E-state index in [1.54, 1.807) is 48.2 Å². The molecule has 6 aliphatic heterocycles. The molecule has 6 fully saturated rings. The number of carbonyl (C=O) groups excluding carboxylic acids is 4. The van der Waals surface area contributed by atoms with Gasteiger partial charge >= 0.3 is 35.9 Å². The average molecular weight is 1360 g/mol. The number of carboxylic acids is 2. The van der Waals surface area contributed by atoms with Crippen molar-refractivity contribution in [1.82, 2.24) is 45.1 Å². The number of aliphatic imine (C=N–C) groups is 2. The van der Waals surface area contributed by atoms with E-state index in [-0.39, 0.29) is 66.5 Å². The fraction of sp³-hybridized carbons (Fsp3) is 0.483. The van der Waals surface area contributed by atoms with Crippen molar-refractivity contribution < 1.29 is 57.2 Å². The number of benzene rings is 2. The summed E-state index contributed by atoms with van der Waals surface area (Å²) in [5.74, 6) is -2.95. The summed E-state index contributed by atoms with van der Waals surface area (Å²) in [6.45, 7) is 8.27. The van der Waals surface area contributed by atoms with Crippen LogP contribution in [0.25, 0.3) is 0 Å². The van der Waals surface area contributed by atoms with Crippen LogP contribution in [0.4, 0.5) is 18.4 Å². The molecule has 472 valence electrons. The molecule has 0 spiro atoms. The normalized spacial score (nSPS) is 22.6. The van der Waals surface area contributed by atoms with Crippen LogP contribution in [0.3, 0.4) is 0 Å². The molecule has 0 bridgehead atoms. The summed E-state index contributed by atoms with van der Waals surface area (Å²) in [5.41, 5.74) is 0.864. The van der Waals surface area contributed by atoms with Crippen LogP contribution in [-0.2, 0) is 28.7 Å². The number of nitrogens with zero attached hydrogens (tertiary/aromatic N) is 9. The standard InChI is InChI=1S/C29H32ClFN6O5S.C17H14BrClFN3O2S.C13H20N2O3.CH3/c1-2-42-26(38)21-20(33-24(25-32-9-12-43-25)34-23(21)18-5-3-6-19(31)22(18)30)15-35-10-11-37-17(13-35)14-36(28(37)41)16-29(27(39)40)7-4-8-29;1-2-25-17(24)12-11(8-18)22-15(16-21-6-7-26-16)23-14(12)9-4-3-5-10(20)13(9)19;16-11(17)13(5-3-6-13)9-14-8-10-4-1-2-7-15(10)12(14)18;/h3,5-6,9,12,17,23H,2,4,7-8,10-11,13-16H2,1H3,(H,33,34)(H,39,40);3-7,14H,2,8H2,1H3,(H,22,23);10H,1-9H2,(H,16,17);1H3/q;;;-1/t17-,23-;14-;10-;/m000./s1. The molecule has 0 radical (unpaired) electrons. The van der Waals surface area contributed by atoms with Crippen LogP contribution in [0.1, 0.15) is 105 Å². The number of carbonyl (C=O) groups is 6. The lowest BCUT2D eigenvalue weighted by Crippen LogP contribution is -2.53. The lowest BCUT2D eigenvalue weighted by molar-refractivity contribution is -0.156. The molecule has 8 aliphatic rings. The number of aromatic nitrogens is 2. The first kappa shape index (κ1) is 65.9. The van der Waals surface area contributed by atoms with Crippen LogP contribution < -0.4 is 10.6 Å². The van der Waals surface area contributed by atoms with E-state index in [0.717, 1.165) is 51.6 Å². The fourth-order valence-corrected chi connectivity index (χ4v) is 14.5. The first-order chi connectivity index (χ1) is 41.9. The zero-order valence-corrected chi connectivity index (χ0v) is 53.6. The second-order valence-corrected chi connectivity index (χ2v) is 25.6. The maximum absolute atomic E-state index is 14.6. The zero-order chi connectivity index (χ0) is 61.7. The topological polar surface area (TPSA) is 252 Å². The van der Waals surface area contributed by atoms with Gasteiger partial charge in [0.15, 0.2) is 21.7 Å². The van der Waals surface area contributed by atoms with Gasteiger partial charge in [-0.15, -0.1) is 22.7 Å². The summed E-state index contributed by atoms with van der Waals surface area (Å²) in [6, 6.07) is 7.28. The summed E-state index contributed by atoms with van der Waals surface area (Å²) in [5, 5.41) is 30.6. The first-order valence-electron chi connectivity index (χ1n) is 28.9. The van der Waals surface area contributed by atoms with Gasteiger partial charge in [-0.05, 0) is 70.9 Å². The number of ether oxygens (including phenoxy) is 2. The van der Waals surface area contributed by atoms with Crippen LogP contribution in [0.15, 0.2) is 92.1 Å². The van der Waals surface area contributed by atoms with Crippen molar-refractivity contribution in [2.75, 3.05) is 77.4 Å². The number of carboxylic acid groups (broad SMARTS) is 2. The molecule has 4 aromatic rings.